The molecule has 39 heavy (non-hydrogen) atoms. The van der Waals surface area contributed by atoms with Gasteiger partial charge in [0.25, 0.3) is 25.8 Å². The van der Waals surface area contributed by atoms with Crippen LogP contribution >= 0.6 is 0 Å². The summed E-state index contributed by atoms with van der Waals surface area (Å²) in [4.78, 5) is 29.7. The largest absolute Gasteiger partial charge is 0.501 e. The van der Waals surface area contributed by atoms with Crippen molar-refractivity contribution in [3.05, 3.63) is 78.5 Å². The van der Waals surface area contributed by atoms with Crippen molar-refractivity contribution in [3.8, 4) is 0 Å². The molecule has 2 atom stereocenters. The van der Waals surface area contributed by atoms with Gasteiger partial charge >= 0.3 is 11.5 Å². The van der Waals surface area contributed by atoms with E-state index in [1.807, 2.05) is 0 Å². The van der Waals surface area contributed by atoms with Gasteiger partial charge in [-0.15, -0.1) is 0 Å². The number of urea groups is 1. The molecule has 1 spiro atoms. The number of alkyl halides is 3. The zero-order valence-electron chi connectivity index (χ0n) is 19.7. The fraction of sp³-hybridized carbons (Fsp3) is 0.208. The first kappa shape index (κ1) is 26.6. The second-order valence-electron chi connectivity index (χ2n) is 9.06. The highest BCUT2D eigenvalue weighted by molar-refractivity contribution is 7.92. The molecule has 2 heterocycles. The number of aromatic nitrogens is 1. The number of anilines is 2. The third-order valence-electron chi connectivity index (χ3n) is 6.53. The summed E-state index contributed by atoms with van der Waals surface area (Å²) in [5.74, 6) is -0.892. The third-order valence-corrected chi connectivity index (χ3v) is 9.40. The first-order valence-electron chi connectivity index (χ1n) is 11.4. The molecule has 2 N–H and O–H groups in total. The molecule has 1 aliphatic carbocycles. The van der Waals surface area contributed by atoms with Crippen molar-refractivity contribution in [2.75, 3.05) is 9.62 Å². The highest BCUT2D eigenvalue weighted by atomic mass is 32.2. The Hall–Kier alpha value is -3.98. The number of sulfone groups is 1. The predicted molar refractivity (Wildman–Crippen MR) is 132 cm³/mol. The fourth-order valence-electron chi connectivity index (χ4n) is 4.46. The zero-order chi connectivity index (χ0) is 28.2. The Morgan fingerprint density at radius 2 is 1.64 bits per heavy atom. The maximum absolute atomic E-state index is 13.2. The molecule has 5 rings (SSSR count). The number of carbonyl (C=O) groups excluding carboxylic acids is 2. The van der Waals surface area contributed by atoms with Gasteiger partial charge in [0.15, 0.2) is 0 Å². The van der Waals surface area contributed by atoms with Gasteiger partial charge in [-0.25, -0.2) is 31.5 Å². The van der Waals surface area contributed by atoms with Gasteiger partial charge in [-0.3, -0.25) is 9.52 Å². The van der Waals surface area contributed by atoms with E-state index in [9.17, 15) is 39.6 Å². The van der Waals surface area contributed by atoms with Crippen molar-refractivity contribution in [3.63, 3.8) is 0 Å². The molecule has 204 valence electrons. The summed E-state index contributed by atoms with van der Waals surface area (Å²) < 4.78 is 89.2. The lowest BCUT2D eigenvalue weighted by Crippen LogP contribution is -2.35. The van der Waals surface area contributed by atoms with Gasteiger partial charge in [0.2, 0.25) is 0 Å². The second-order valence-corrected chi connectivity index (χ2v) is 12.7. The first-order valence-corrected chi connectivity index (χ1v) is 14.3. The Morgan fingerprint density at radius 3 is 2.28 bits per heavy atom. The van der Waals surface area contributed by atoms with Crippen molar-refractivity contribution in [2.24, 2.45) is 5.92 Å². The predicted octanol–water partition coefficient (Wildman–Crippen LogP) is 3.23. The Balaban J connectivity index is 1.29. The van der Waals surface area contributed by atoms with Crippen LogP contribution in [0.2, 0.25) is 0 Å². The van der Waals surface area contributed by atoms with E-state index in [1.54, 1.807) is 24.3 Å². The summed E-state index contributed by atoms with van der Waals surface area (Å²) >= 11 is 0. The summed E-state index contributed by atoms with van der Waals surface area (Å²) in [6.07, 6.45) is 1.98. The van der Waals surface area contributed by atoms with Crippen LogP contribution < -0.4 is 14.9 Å². The van der Waals surface area contributed by atoms with Crippen molar-refractivity contribution in [1.29, 1.82) is 0 Å². The van der Waals surface area contributed by atoms with Crippen molar-refractivity contribution in [2.45, 2.75) is 33.7 Å². The second kappa shape index (κ2) is 9.05. The lowest BCUT2D eigenvalue weighted by atomic mass is 10.1. The summed E-state index contributed by atoms with van der Waals surface area (Å²) in [6.45, 7) is 0. The van der Waals surface area contributed by atoms with Crippen molar-refractivity contribution < 1.29 is 39.6 Å². The number of benzene rings is 2. The standard InChI is InChI=1S/C24H19F3N4O6S2/c25-24(26,27)38(34,35)18-8-6-17(7-9-18)31-21(32)23(29-22(31)33)14-16(23)12-15-10-11-28-20(13-15)30-39(36,37)19-4-2-1-3-5-19/h1-11,13,16H,12,14H2,(H,28,30)(H,29,33). The Labute approximate surface area is 220 Å². The number of imide groups is 1. The number of nitrogens with one attached hydrogen (secondary N) is 2. The number of hydrogen-bond acceptors (Lipinski definition) is 7. The smallest absolute Gasteiger partial charge is 0.322 e. The maximum Gasteiger partial charge on any atom is 0.501 e. The molecule has 1 aromatic heterocycles. The molecule has 10 nitrogen and oxygen atoms in total. The molecule has 3 aromatic rings. The lowest BCUT2D eigenvalue weighted by Gasteiger charge is -2.14. The number of nitrogens with zero attached hydrogens (tertiary/aromatic N) is 2. The van der Waals surface area contributed by atoms with Gasteiger partial charge in [-0.05, 0) is 72.9 Å². The monoisotopic (exact) mass is 580 g/mol. The van der Waals surface area contributed by atoms with Crippen LogP contribution in [0.3, 0.4) is 0 Å². The lowest BCUT2D eigenvalue weighted by molar-refractivity contribution is -0.119. The highest BCUT2D eigenvalue weighted by Crippen LogP contribution is 2.50. The number of hydrogen-bond donors (Lipinski definition) is 2. The van der Waals surface area contributed by atoms with Crippen LogP contribution in [0.15, 0.2) is 82.7 Å². The molecule has 3 amide bonds. The van der Waals surface area contributed by atoms with E-state index in [0.29, 0.717) is 24.1 Å². The molecule has 0 radical (unpaired) electrons. The van der Waals surface area contributed by atoms with E-state index in [0.717, 1.165) is 17.0 Å². The summed E-state index contributed by atoms with van der Waals surface area (Å²) in [7, 11) is -9.45. The van der Waals surface area contributed by atoms with Gasteiger partial charge in [-0.2, -0.15) is 13.2 Å². The van der Waals surface area contributed by atoms with E-state index >= 15 is 0 Å². The third kappa shape index (κ3) is 4.71. The zero-order valence-corrected chi connectivity index (χ0v) is 21.3. The molecule has 0 bridgehead atoms. The minimum absolute atomic E-state index is 0.0572. The van der Waals surface area contributed by atoms with Gasteiger partial charge < -0.3 is 5.32 Å². The Kier molecular flexibility index (Phi) is 6.18. The van der Waals surface area contributed by atoms with Crippen LogP contribution in [0, 0.1) is 5.92 Å². The van der Waals surface area contributed by atoms with Crippen LogP contribution in [0.4, 0.5) is 29.5 Å². The summed E-state index contributed by atoms with van der Waals surface area (Å²) in [5.41, 5.74) is -6.15. The molecule has 2 unspecified atom stereocenters. The van der Waals surface area contributed by atoms with Gasteiger partial charge in [0.1, 0.15) is 11.4 Å². The SMILES string of the molecule is O=C1NC2(CC2Cc2ccnc(NS(=O)(=O)c3ccccc3)c2)C(=O)N1c1ccc(S(=O)(=O)C(F)(F)F)cc1. The van der Waals surface area contributed by atoms with E-state index < -0.39 is 47.7 Å². The molecule has 2 fully saturated rings. The van der Waals surface area contributed by atoms with E-state index in [4.69, 9.17) is 0 Å². The van der Waals surface area contributed by atoms with Gasteiger partial charge in [0.05, 0.1) is 15.5 Å². The van der Waals surface area contributed by atoms with E-state index in [-0.39, 0.29) is 28.7 Å². The molecular formula is C24H19F3N4O6S2. The number of sulfonamides is 1. The number of amides is 3. The highest BCUT2D eigenvalue weighted by Gasteiger charge is 2.67. The molecule has 15 heteroatoms. The first-order chi connectivity index (χ1) is 18.2. The number of carbonyl (C=O) groups is 2. The number of rotatable bonds is 7. The van der Waals surface area contributed by atoms with E-state index in [2.05, 4.69) is 15.0 Å². The molecule has 1 saturated carbocycles. The molecule has 1 saturated heterocycles. The fourth-order valence-corrected chi connectivity index (χ4v) is 6.25. The van der Waals surface area contributed by atoms with E-state index in [1.165, 1.54) is 24.4 Å². The Bertz CT molecular complexity index is 1680. The van der Waals surface area contributed by atoms with Crippen LogP contribution in [0.5, 0.6) is 0 Å². The van der Waals surface area contributed by atoms with Crippen LogP contribution in [-0.2, 0) is 31.1 Å². The molecular weight excluding hydrogens is 561 g/mol. The molecule has 1 aliphatic heterocycles. The van der Waals surface area contributed by atoms with Gasteiger partial charge in [-0.1, -0.05) is 18.2 Å². The molecule has 2 aromatic carbocycles. The molecule has 2 aliphatic rings. The van der Waals surface area contributed by atoms with Gasteiger partial charge in [0, 0.05) is 6.20 Å². The summed E-state index contributed by atoms with van der Waals surface area (Å²) in [6, 6.07) is 13.4. The normalized spacial score (nSPS) is 21.2. The quantitative estimate of drug-likeness (QED) is 0.409. The average Bonchev–Trinajstić information content (AvgIpc) is 3.49. The van der Waals surface area contributed by atoms with Crippen LogP contribution in [0.1, 0.15) is 12.0 Å². The van der Waals surface area contributed by atoms with Crippen molar-refractivity contribution >= 4 is 43.3 Å². The average molecular weight is 581 g/mol. The van der Waals surface area contributed by atoms with Crippen LogP contribution in [-0.4, -0.2) is 44.8 Å². The Morgan fingerprint density at radius 1 is 0.974 bits per heavy atom. The minimum atomic E-state index is -5.58. The van der Waals surface area contributed by atoms with Crippen LogP contribution in [0.25, 0.3) is 0 Å². The summed E-state index contributed by atoms with van der Waals surface area (Å²) in [5, 5.41) is 2.63. The maximum atomic E-state index is 13.2. The number of halogens is 3. The number of pyridine rings is 1. The topological polar surface area (TPSA) is 143 Å². The van der Waals surface area contributed by atoms with Crippen molar-refractivity contribution in [1.82, 2.24) is 10.3 Å². The minimum Gasteiger partial charge on any atom is -0.322 e.